The maximum atomic E-state index is 11.2. The Balaban J connectivity index is 3.17. The predicted molar refractivity (Wildman–Crippen MR) is 80.6 cm³/mol. The zero-order chi connectivity index (χ0) is 16.5. The molecule has 1 rings (SSSR count). The Kier molecular flexibility index (Phi) is 7.15. The quantitative estimate of drug-likeness (QED) is 0.526. The van der Waals surface area contributed by atoms with Crippen LogP contribution in [-0.4, -0.2) is 29.2 Å². The first-order valence-corrected chi connectivity index (χ1v) is 7.28. The highest BCUT2D eigenvalue weighted by atomic mass is 16.6. The second kappa shape index (κ2) is 8.86. The number of hydrogen-bond donors (Lipinski definition) is 1. The third-order valence-corrected chi connectivity index (χ3v) is 2.87. The first kappa shape index (κ1) is 17.7. The monoisotopic (exact) mass is 311 g/mol. The predicted octanol–water partition coefficient (Wildman–Crippen LogP) is 3.19. The van der Waals surface area contributed by atoms with Crippen LogP contribution in [0.3, 0.4) is 0 Å². The van der Waals surface area contributed by atoms with Gasteiger partial charge < -0.3 is 14.6 Å². The molecule has 1 aromatic carbocycles. The van der Waals surface area contributed by atoms with Gasteiger partial charge in [-0.25, -0.2) is 0 Å². The molecule has 0 aliphatic rings. The lowest BCUT2D eigenvalue weighted by Crippen LogP contribution is -2.06. The van der Waals surface area contributed by atoms with Crippen molar-refractivity contribution in [3.05, 3.63) is 27.8 Å². The molecule has 7 heteroatoms. The van der Waals surface area contributed by atoms with Crippen molar-refractivity contribution in [2.24, 2.45) is 0 Å². The summed E-state index contributed by atoms with van der Waals surface area (Å²) in [6.07, 6.45) is 1.56. The Morgan fingerprint density at radius 3 is 2.27 bits per heavy atom. The highest BCUT2D eigenvalue weighted by molar-refractivity contribution is 5.67. The van der Waals surface area contributed by atoms with E-state index < -0.39 is 10.9 Å². The van der Waals surface area contributed by atoms with Crippen molar-refractivity contribution in [3.8, 4) is 11.5 Å². The van der Waals surface area contributed by atoms with Gasteiger partial charge in [-0.3, -0.25) is 14.9 Å². The van der Waals surface area contributed by atoms with E-state index in [2.05, 4.69) is 0 Å². The highest BCUT2D eigenvalue weighted by Crippen LogP contribution is 2.35. The van der Waals surface area contributed by atoms with Gasteiger partial charge in [0.05, 0.1) is 18.1 Å². The number of carboxylic acids is 1. The van der Waals surface area contributed by atoms with E-state index in [1.165, 1.54) is 12.1 Å². The van der Waals surface area contributed by atoms with Crippen LogP contribution in [0.25, 0.3) is 0 Å². The number of benzene rings is 1. The second-order valence-corrected chi connectivity index (χ2v) is 4.78. The fourth-order valence-corrected chi connectivity index (χ4v) is 1.85. The van der Waals surface area contributed by atoms with Crippen LogP contribution in [0, 0.1) is 10.1 Å². The molecular formula is C15H21NO6. The Morgan fingerprint density at radius 1 is 1.18 bits per heavy atom. The van der Waals surface area contributed by atoms with E-state index in [0.717, 1.165) is 12.8 Å². The van der Waals surface area contributed by atoms with Gasteiger partial charge in [0, 0.05) is 24.1 Å². The number of aliphatic carboxylic acids is 1. The molecule has 0 unspecified atom stereocenters. The summed E-state index contributed by atoms with van der Waals surface area (Å²) in [5, 5.41) is 20.0. The Bertz CT molecular complexity index is 529. The van der Waals surface area contributed by atoms with E-state index >= 15 is 0 Å². The summed E-state index contributed by atoms with van der Waals surface area (Å²) in [6, 6.07) is 2.83. The lowest BCUT2D eigenvalue weighted by Gasteiger charge is -2.13. The Morgan fingerprint density at radius 2 is 1.77 bits per heavy atom. The largest absolute Gasteiger partial charge is 0.493 e. The molecule has 0 bridgehead atoms. The third-order valence-electron chi connectivity index (χ3n) is 2.87. The van der Waals surface area contributed by atoms with Crippen molar-refractivity contribution < 1.29 is 24.3 Å². The molecule has 0 aliphatic carbocycles. The number of aryl methyl sites for hydroxylation is 1. The van der Waals surface area contributed by atoms with Gasteiger partial charge in [0.1, 0.15) is 5.75 Å². The lowest BCUT2D eigenvalue weighted by molar-refractivity contribution is -0.386. The number of rotatable bonds is 10. The molecule has 7 nitrogen and oxygen atoms in total. The van der Waals surface area contributed by atoms with Gasteiger partial charge in [-0.15, -0.1) is 0 Å². The standard InChI is InChI=1S/C15H21NO6/c1-3-7-21-13-10-14(22-8-4-2)12(16(19)20)9-11(13)5-6-15(17)18/h9-10H,3-8H2,1-2H3,(H,17,18). The van der Waals surface area contributed by atoms with E-state index in [9.17, 15) is 14.9 Å². The van der Waals surface area contributed by atoms with E-state index in [0.29, 0.717) is 24.5 Å². The summed E-state index contributed by atoms with van der Waals surface area (Å²) in [6.45, 7) is 4.66. The fourth-order valence-electron chi connectivity index (χ4n) is 1.85. The third kappa shape index (κ3) is 5.23. The first-order valence-electron chi connectivity index (χ1n) is 7.28. The average Bonchev–Trinajstić information content (AvgIpc) is 2.48. The van der Waals surface area contributed by atoms with E-state index in [4.69, 9.17) is 14.6 Å². The molecule has 0 aromatic heterocycles. The molecule has 0 amide bonds. The number of ether oxygens (including phenoxy) is 2. The summed E-state index contributed by atoms with van der Waals surface area (Å²) < 4.78 is 11.0. The molecule has 0 aliphatic heterocycles. The van der Waals surface area contributed by atoms with Crippen LogP contribution in [0.5, 0.6) is 11.5 Å². The maximum absolute atomic E-state index is 11.2. The molecule has 0 atom stereocenters. The number of hydrogen-bond acceptors (Lipinski definition) is 5. The summed E-state index contributed by atoms with van der Waals surface area (Å²) in [5.41, 5.74) is 0.337. The van der Waals surface area contributed by atoms with Crippen molar-refractivity contribution in [1.82, 2.24) is 0 Å². The molecule has 0 fully saturated rings. The molecule has 0 spiro atoms. The van der Waals surface area contributed by atoms with Gasteiger partial charge in [-0.05, 0) is 19.3 Å². The van der Waals surface area contributed by atoms with Crippen molar-refractivity contribution >= 4 is 11.7 Å². The molecule has 0 saturated heterocycles. The summed E-state index contributed by atoms with van der Waals surface area (Å²) in [5.74, 6) is -0.368. The van der Waals surface area contributed by atoms with Gasteiger partial charge >= 0.3 is 11.7 Å². The number of nitro groups is 1. The van der Waals surface area contributed by atoms with Crippen molar-refractivity contribution in [2.45, 2.75) is 39.5 Å². The van der Waals surface area contributed by atoms with E-state index in [1.807, 2.05) is 13.8 Å². The smallest absolute Gasteiger partial charge is 0.311 e. The molecule has 0 saturated carbocycles. The summed E-state index contributed by atoms with van der Waals surface area (Å²) >= 11 is 0. The minimum absolute atomic E-state index is 0.116. The summed E-state index contributed by atoms with van der Waals surface area (Å²) in [4.78, 5) is 21.4. The Hall–Kier alpha value is -2.31. The van der Waals surface area contributed by atoms with Crippen LogP contribution in [0.1, 0.15) is 38.7 Å². The molecule has 122 valence electrons. The van der Waals surface area contributed by atoms with E-state index in [-0.39, 0.29) is 24.3 Å². The zero-order valence-corrected chi connectivity index (χ0v) is 12.8. The zero-order valence-electron chi connectivity index (χ0n) is 12.8. The molecule has 0 heterocycles. The van der Waals surface area contributed by atoms with Crippen molar-refractivity contribution in [1.29, 1.82) is 0 Å². The lowest BCUT2D eigenvalue weighted by atomic mass is 10.1. The minimum Gasteiger partial charge on any atom is -0.493 e. The van der Waals surface area contributed by atoms with Crippen molar-refractivity contribution in [3.63, 3.8) is 0 Å². The fraction of sp³-hybridized carbons (Fsp3) is 0.533. The van der Waals surface area contributed by atoms with Crippen LogP contribution >= 0.6 is 0 Å². The average molecular weight is 311 g/mol. The molecule has 0 radical (unpaired) electrons. The minimum atomic E-state index is -0.963. The number of nitrogens with zero attached hydrogens (tertiary/aromatic N) is 1. The Labute approximate surface area is 129 Å². The summed E-state index contributed by atoms with van der Waals surface area (Å²) in [7, 11) is 0. The van der Waals surface area contributed by atoms with Gasteiger partial charge in [0.25, 0.3) is 0 Å². The molecule has 22 heavy (non-hydrogen) atoms. The van der Waals surface area contributed by atoms with Gasteiger partial charge in [0.2, 0.25) is 5.75 Å². The van der Waals surface area contributed by atoms with Gasteiger partial charge in [-0.1, -0.05) is 13.8 Å². The second-order valence-electron chi connectivity index (χ2n) is 4.78. The van der Waals surface area contributed by atoms with Crippen LogP contribution in [0.4, 0.5) is 5.69 Å². The number of carbonyl (C=O) groups is 1. The molecular weight excluding hydrogens is 290 g/mol. The maximum Gasteiger partial charge on any atom is 0.311 e. The van der Waals surface area contributed by atoms with Crippen LogP contribution < -0.4 is 9.47 Å². The van der Waals surface area contributed by atoms with Gasteiger partial charge in [0.15, 0.2) is 0 Å². The van der Waals surface area contributed by atoms with E-state index in [1.54, 1.807) is 0 Å². The molecule has 1 aromatic rings. The van der Waals surface area contributed by atoms with Crippen LogP contribution in [0.15, 0.2) is 12.1 Å². The topological polar surface area (TPSA) is 98.9 Å². The number of nitro benzene ring substituents is 1. The first-order chi connectivity index (χ1) is 10.5. The SMILES string of the molecule is CCCOc1cc(OCCC)c([N+](=O)[O-])cc1CCC(=O)O. The van der Waals surface area contributed by atoms with Crippen molar-refractivity contribution in [2.75, 3.05) is 13.2 Å². The molecule has 1 N–H and O–H groups in total. The number of carboxylic acid groups (broad SMARTS) is 1. The van der Waals surface area contributed by atoms with Crippen LogP contribution in [-0.2, 0) is 11.2 Å². The van der Waals surface area contributed by atoms with Crippen LogP contribution in [0.2, 0.25) is 0 Å². The highest BCUT2D eigenvalue weighted by Gasteiger charge is 2.20. The normalized spacial score (nSPS) is 10.3. The van der Waals surface area contributed by atoms with Gasteiger partial charge in [-0.2, -0.15) is 0 Å².